The van der Waals surface area contributed by atoms with E-state index in [2.05, 4.69) is 23.3 Å². The van der Waals surface area contributed by atoms with Gasteiger partial charge in [-0.3, -0.25) is 4.98 Å². The number of nitrogens with zero attached hydrogens (tertiary/aromatic N) is 1. The van der Waals surface area contributed by atoms with E-state index in [-0.39, 0.29) is 0 Å². The van der Waals surface area contributed by atoms with Crippen LogP contribution in [-0.4, -0.2) is 24.7 Å². The second kappa shape index (κ2) is 7.49. The molecule has 1 aliphatic rings. The first-order valence-electron chi connectivity index (χ1n) is 7.16. The number of nitrogens with one attached hydrogen (secondary N) is 1. The highest BCUT2D eigenvalue weighted by atomic mass is 16.5. The number of pyridine rings is 1. The number of rotatable bonds is 7. The third kappa shape index (κ3) is 3.79. The Kier molecular flexibility index (Phi) is 5.62. The van der Waals surface area contributed by atoms with E-state index in [1.165, 1.54) is 30.5 Å². The predicted molar refractivity (Wildman–Crippen MR) is 73.6 cm³/mol. The third-order valence-corrected chi connectivity index (χ3v) is 3.40. The predicted octanol–water partition coefficient (Wildman–Crippen LogP) is 2.87. The summed E-state index contributed by atoms with van der Waals surface area (Å²) in [6.45, 7) is 4.91. The van der Waals surface area contributed by atoms with Crippen LogP contribution in [-0.2, 0) is 11.2 Å². The standard InChI is InChI=1S/C15H24N2O/c1-2-11-18-12-5-10-16-14-8-3-6-13-7-4-9-17-15(13)14/h4,7,9,14,16H,2-3,5-6,8,10-12H2,1H3. The molecule has 0 aliphatic heterocycles. The molecule has 1 aliphatic carbocycles. The minimum atomic E-state index is 0.445. The van der Waals surface area contributed by atoms with Gasteiger partial charge < -0.3 is 10.1 Å². The van der Waals surface area contributed by atoms with Crippen LogP contribution in [0.3, 0.4) is 0 Å². The molecule has 1 heterocycles. The highest BCUT2D eigenvalue weighted by Gasteiger charge is 2.20. The van der Waals surface area contributed by atoms with Crippen LogP contribution in [0.2, 0.25) is 0 Å². The number of aromatic nitrogens is 1. The maximum atomic E-state index is 5.49. The Morgan fingerprint density at radius 3 is 3.28 bits per heavy atom. The van der Waals surface area contributed by atoms with Crippen molar-refractivity contribution in [1.29, 1.82) is 0 Å². The SMILES string of the molecule is CCCOCCCNC1CCCc2cccnc21. The van der Waals surface area contributed by atoms with Crippen LogP contribution in [0.5, 0.6) is 0 Å². The topological polar surface area (TPSA) is 34.1 Å². The number of aryl methyl sites for hydroxylation is 1. The summed E-state index contributed by atoms with van der Waals surface area (Å²) in [6.07, 6.45) is 7.75. The molecule has 1 atom stereocenters. The van der Waals surface area contributed by atoms with Crippen molar-refractivity contribution in [3.8, 4) is 0 Å². The lowest BCUT2D eigenvalue weighted by Crippen LogP contribution is -2.27. The molecule has 18 heavy (non-hydrogen) atoms. The molecule has 0 radical (unpaired) electrons. The lowest BCUT2D eigenvalue weighted by atomic mass is 9.92. The second-order valence-corrected chi connectivity index (χ2v) is 4.91. The maximum Gasteiger partial charge on any atom is 0.0605 e. The molecule has 1 aromatic heterocycles. The molecule has 0 fully saturated rings. The van der Waals surface area contributed by atoms with E-state index in [9.17, 15) is 0 Å². The molecule has 1 aromatic rings. The molecule has 0 saturated heterocycles. The van der Waals surface area contributed by atoms with Gasteiger partial charge in [0, 0.05) is 25.5 Å². The van der Waals surface area contributed by atoms with Crippen molar-refractivity contribution in [2.45, 2.75) is 45.1 Å². The van der Waals surface area contributed by atoms with E-state index in [0.717, 1.165) is 32.6 Å². The molecule has 3 nitrogen and oxygen atoms in total. The van der Waals surface area contributed by atoms with Crippen LogP contribution in [0.4, 0.5) is 0 Å². The molecule has 100 valence electrons. The Morgan fingerprint density at radius 1 is 1.44 bits per heavy atom. The van der Waals surface area contributed by atoms with E-state index in [4.69, 9.17) is 4.74 Å². The van der Waals surface area contributed by atoms with Gasteiger partial charge >= 0.3 is 0 Å². The Morgan fingerprint density at radius 2 is 2.39 bits per heavy atom. The van der Waals surface area contributed by atoms with Crippen molar-refractivity contribution in [3.63, 3.8) is 0 Å². The third-order valence-electron chi connectivity index (χ3n) is 3.40. The minimum absolute atomic E-state index is 0.445. The van der Waals surface area contributed by atoms with Gasteiger partial charge in [0.05, 0.1) is 5.69 Å². The Balaban J connectivity index is 1.74. The molecule has 2 rings (SSSR count). The molecule has 0 amide bonds. The molecule has 3 heteroatoms. The first kappa shape index (κ1) is 13.5. The summed E-state index contributed by atoms with van der Waals surface area (Å²) in [4.78, 5) is 4.54. The fourth-order valence-electron chi connectivity index (χ4n) is 2.50. The average Bonchev–Trinajstić information content (AvgIpc) is 2.43. The first-order valence-corrected chi connectivity index (χ1v) is 7.16. The van der Waals surface area contributed by atoms with Crippen LogP contribution in [0, 0.1) is 0 Å². The summed E-state index contributed by atoms with van der Waals surface area (Å²) in [5.74, 6) is 0. The van der Waals surface area contributed by atoms with Crippen LogP contribution in [0.1, 0.15) is 49.9 Å². The zero-order valence-corrected chi connectivity index (χ0v) is 11.3. The number of hydrogen-bond acceptors (Lipinski definition) is 3. The lowest BCUT2D eigenvalue weighted by Gasteiger charge is -2.25. The normalized spacial score (nSPS) is 18.6. The summed E-state index contributed by atoms with van der Waals surface area (Å²) in [5.41, 5.74) is 2.68. The van der Waals surface area contributed by atoms with Crippen molar-refractivity contribution >= 4 is 0 Å². The molecule has 0 bridgehead atoms. The molecule has 1 N–H and O–H groups in total. The van der Waals surface area contributed by atoms with Crippen molar-refractivity contribution in [2.24, 2.45) is 0 Å². The zero-order chi connectivity index (χ0) is 12.6. The fraction of sp³-hybridized carbons (Fsp3) is 0.667. The average molecular weight is 248 g/mol. The van der Waals surface area contributed by atoms with E-state index >= 15 is 0 Å². The van der Waals surface area contributed by atoms with E-state index < -0.39 is 0 Å². The number of fused-ring (bicyclic) bond motifs is 1. The monoisotopic (exact) mass is 248 g/mol. The number of ether oxygens (including phenoxy) is 1. The summed E-state index contributed by atoms with van der Waals surface area (Å²) in [5, 5.41) is 3.61. The highest BCUT2D eigenvalue weighted by Crippen LogP contribution is 2.27. The Hall–Kier alpha value is -0.930. The van der Waals surface area contributed by atoms with Crippen molar-refractivity contribution in [2.75, 3.05) is 19.8 Å². The van der Waals surface area contributed by atoms with Crippen molar-refractivity contribution < 1.29 is 4.74 Å². The summed E-state index contributed by atoms with van der Waals surface area (Å²) in [6, 6.07) is 4.70. The second-order valence-electron chi connectivity index (χ2n) is 4.91. The van der Waals surface area contributed by atoms with Gasteiger partial charge in [-0.25, -0.2) is 0 Å². The summed E-state index contributed by atoms with van der Waals surface area (Å²) in [7, 11) is 0. The van der Waals surface area contributed by atoms with Crippen LogP contribution >= 0.6 is 0 Å². The van der Waals surface area contributed by atoms with Gasteiger partial charge in [-0.1, -0.05) is 13.0 Å². The van der Waals surface area contributed by atoms with Crippen LogP contribution < -0.4 is 5.32 Å². The molecular weight excluding hydrogens is 224 g/mol. The van der Waals surface area contributed by atoms with Gasteiger partial charge in [0.2, 0.25) is 0 Å². The molecule has 0 saturated carbocycles. The quantitative estimate of drug-likeness (QED) is 0.753. The smallest absolute Gasteiger partial charge is 0.0605 e. The summed E-state index contributed by atoms with van der Waals surface area (Å²) >= 11 is 0. The Bertz CT molecular complexity index is 354. The highest BCUT2D eigenvalue weighted by molar-refractivity contribution is 5.25. The fourth-order valence-corrected chi connectivity index (χ4v) is 2.50. The van der Waals surface area contributed by atoms with Gasteiger partial charge in [0.1, 0.15) is 0 Å². The van der Waals surface area contributed by atoms with E-state index in [1.54, 1.807) is 0 Å². The molecule has 0 aromatic carbocycles. The van der Waals surface area contributed by atoms with Gasteiger partial charge in [0.15, 0.2) is 0 Å². The van der Waals surface area contributed by atoms with Crippen LogP contribution in [0.25, 0.3) is 0 Å². The molecule has 0 spiro atoms. The summed E-state index contributed by atoms with van der Waals surface area (Å²) < 4.78 is 5.49. The molecule has 1 unspecified atom stereocenters. The van der Waals surface area contributed by atoms with E-state index in [1.807, 2.05) is 12.3 Å². The largest absolute Gasteiger partial charge is 0.381 e. The van der Waals surface area contributed by atoms with Gasteiger partial charge in [0.25, 0.3) is 0 Å². The molecular formula is C15H24N2O. The lowest BCUT2D eigenvalue weighted by molar-refractivity contribution is 0.131. The number of hydrogen-bond donors (Lipinski definition) is 1. The zero-order valence-electron chi connectivity index (χ0n) is 11.3. The van der Waals surface area contributed by atoms with Crippen molar-refractivity contribution in [3.05, 3.63) is 29.6 Å². The Labute approximate surface area is 110 Å². The first-order chi connectivity index (χ1) is 8.92. The van der Waals surface area contributed by atoms with Gasteiger partial charge in [-0.2, -0.15) is 0 Å². The van der Waals surface area contributed by atoms with Crippen LogP contribution in [0.15, 0.2) is 18.3 Å². The van der Waals surface area contributed by atoms with Gasteiger partial charge in [-0.05, 0) is 50.3 Å². The minimum Gasteiger partial charge on any atom is -0.381 e. The van der Waals surface area contributed by atoms with Gasteiger partial charge in [-0.15, -0.1) is 0 Å². The van der Waals surface area contributed by atoms with Crippen molar-refractivity contribution in [1.82, 2.24) is 10.3 Å². The maximum absolute atomic E-state index is 5.49. The van der Waals surface area contributed by atoms with E-state index in [0.29, 0.717) is 6.04 Å².